The predicted molar refractivity (Wildman–Crippen MR) is 107 cm³/mol. The first-order valence-electron chi connectivity index (χ1n) is 9.35. The van der Waals surface area contributed by atoms with Gasteiger partial charge in [-0.05, 0) is 47.1 Å². The highest BCUT2D eigenvalue weighted by Crippen LogP contribution is 2.17. The lowest BCUT2D eigenvalue weighted by molar-refractivity contribution is -0.158. The largest absolute Gasteiger partial charge is 0.480 e. The minimum Gasteiger partial charge on any atom is -0.480 e. The number of esters is 1. The van der Waals surface area contributed by atoms with Crippen molar-refractivity contribution in [3.8, 4) is 0 Å². The summed E-state index contributed by atoms with van der Waals surface area (Å²) in [4.78, 5) is 48.5. The summed E-state index contributed by atoms with van der Waals surface area (Å²) >= 11 is 0. The average molecular weight is 406 g/mol. The number of aliphatic carboxylic acids is 1. The van der Waals surface area contributed by atoms with E-state index in [9.17, 15) is 24.3 Å². The van der Waals surface area contributed by atoms with Gasteiger partial charge in [0, 0.05) is 0 Å². The van der Waals surface area contributed by atoms with Crippen molar-refractivity contribution in [2.24, 2.45) is 0 Å². The van der Waals surface area contributed by atoms with Gasteiger partial charge in [0.1, 0.15) is 17.2 Å². The van der Waals surface area contributed by atoms with Crippen LogP contribution in [0.4, 0.5) is 0 Å². The second kappa shape index (κ2) is 9.54. The molecule has 0 radical (unpaired) electrons. The van der Waals surface area contributed by atoms with Gasteiger partial charge < -0.3 is 20.5 Å². The van der Waals surface area contributed by atoms with Crippen molar-refractivity contribution >= 4 is 23.8 Å². The molecule has 3 N–H and O–H groups in total. The lowest BCUT2D eigenvalue weighted by atomic mass is 9.97. The highest BCUT2D eigenvalue weighted by atomic mass is 16.6. The fourth-order valence-electron chi connectivity index (χ4n) is 2.45. The van der Waals surface area contributed by atoms with Gasteiger partial charge >= 0.3 is 11.9 Å². The van der Waals surface area contributed by atoms with E-state index in [0.717, 1.165) is 5.56 Å². The third kappa shape index (κ3) is 7.93. The van der Waals surface area contributed by atoms with Crippen LogP contribution in [0.2, 0.25) is 0 Å². The summed E-state index contributed by atoms with van der Waals surface area (Å²) in [5, 5.41) is 14.3. The number of carboxylic acid groups (broad SMARTS) is 1. The monoisotopic (exact) mass is 406 g/mol. The minimum absolute atomic E-state index is 0.379. The van der Waals surface area contributed by atoms with Crippen LogP contribution in [-0.2, 0) is 23.9 Å². The van der Waals surface area contributed by atoms with Crippen molar-refractivity contribution in [3.63, 3.8) is 0 Å². The Hall–Kier alpha value is -2.90. The summed E-state index contributed by atoms with van der Waals surface area (Å²) in [5.41, 5.74) is -1.37. The lowest BCUT2D eigenvalue weighted by Gasteiger charge is -2.28. The van der Waals surface area contributed by atoms with Gasteiger partial charge in [-0.15, -0.1) is 0 Å². The zero-order valence-electron chi connectivity index (χ0n) is 17.7. The van der Waals surface area contributed by atoms with E-state index in [4.69, 9.17) is 4.74 Å². The maximum atomic E-state index is 12.6. The fraction of sp³-hybridized carbons (Fsp3) is 0.524. The van der Waals surface area contributed by atoms with E-state index in [0.29, 0.717) is 0 Å². The number of hydrogen-bond donors (Lipinski definition) is 3. The number of ether oxygens (including phenoxy) is 1. The normalized spacial score (nSPS) is 13.7. The number of benzene rings is 1. The molecule has 8 nitrogen and oxygen atoms in total. The molecule has 0 saturated carbocycles. The molecular weight excluding hydrogens is 376 g/mol. The molecule has 29 heavy (non-hydrogen) atoms. The zero-order valence-corrected chi connectivity index (χ0v) is 17.7. The van der Waals surface area contributed by atoms with Crippen LogP contribution in [0.15, 0.2) is 30.3 Å². The summed E-state index contributed by atoms with van der Waals surface area (Å²) < 4.78 is 5.11. The van der Waals surface area contributed by atoms with Crippen LogP contribution in [0, 0.1) is 0 Å². The Morgan fingerprint density at radius 3 is 2.07 bits per heavy atom. The van der Waals surface area contributed by atoms with Gasteiger partial charge in [0.25, 0.3) is 0 Å². The van der Waals surface area contributed by atoms with Crippen LogP contribution in [0.3, 0.4) is 0 Å². The summed E-state index contributed by atoms with van der Waals surface area (Å²) in [7, 11) is 0. The van der Waals surface area contributed by atoms with Crippen LogP contribution in [0.5, 0.6) is 0 Å². The third-order valence-corrected chi connectivity index (χ3v) is 4.09. The number of carbonyl (C=O) groups is 4. The molecule has 0 spiro atoms. The average Bonchev–Trinajstić information content (AvgIpc) is 2.58. The first-order valence-corrected chi connectivity index (χ1v) is 9.35. The molecule has 0 bridgehead atoms. The van der Waals surface area contributed by atoms with E-state index < -0.39 is 47.4 Å². The van der Waals surface area contributed by atoms with Crippen molar-refractivity contribution in [1.29, 1.82) is 0 Å². The Labute approximate surface area is 171 Å². The molecular formula is C21H30N2O6. The van der Waals surface area contributed by atoms with Crippen molar-refractivity contribution in [2.45, 2.75) is 71.1 Å². The SMILES string of the molecule is CC(C(=O)NC(C)(C)C(=O)NC(CC(=O)OC(C)(C)C)C(=O)O)c1ccccc1. The molecule has 0 heterocycles. The second-order valence-corrected chi connectivity index (χ2v) is 8.40. The van der Waals surface area contributed by atoms with Gasteiger partial charge in [0.2, 0.25) is 11.8 Å². The summed E-state index contributed by atoms with van der Waals surface area (Å²) in [6.07, 6.45) is -0.525. The quantitative estimate of drug-likeness (QED) is 0.568. The van der Waals surface area contributed by atoms with Crippen LogP contribution in [0.1, 0.15) is 59.4 Å². The molecule has 0 aromatic heterocycles. The molecule has 0 aliphatic carbocycles. The Morgan fingerprint density at radius 2 is 1.59 bits per heavy atom. The van der Waals surface area contributed by atoms with Gasteiger partial charge in [0.05, 0.1) is 12.3 Å². The Balaban J connectivity index is 2.78. The van der Waals surface area contributed by atoms with Crippen molar-refractivity contribution in [3.05, 3.63) is 35.9 Å². The molecule has 1 aromatic carbocycles. The molecule has 8 heteroatoms. The van der Waals surface area contributed by atoms with Crippen molar-refractivity contribution in [2.75, 3.05) is 0 Å². The first kappa shape index (κ1) is 24.1. The first-order chi connectivity index (χ1) is 13.2. The smallest absolute Gasteiger partial charge is 0.326 e. The Kier molecular flexibility index (Phi) is 7.94. The minimum atomic E-state index is -1.47. The van der Waals surface area contributed by atoms with Crippen LogP contribution >= 0.6 is 0 Å². The van der Waals surface area contributed by atoms with Gasteiger partial charge in [0.15, 0.2) is 0 Å². The molecule has 0 saturated heterocycles. The molecule has 2 amide bonds. The molecule has 2 unspecified atom stereocenters. The van der Waals surface area contributed by atoms with E-state index in [1.54, 1.807) is 39.8 Å². The van der Waals surface area contributed by atoms with Gasteiger partial charge in [-0.25, -0.2) is 4.79 Å². The Bertz CT molecular complexity index is 752. The van der Waals surface area contributed by atoms with Crippen LogP contribution in [-0.4, -0.2) is 46.0 Å². The van der Waals surface area contributed by atoms with E-state index in [1.165, 1.54) is 13.8 Å². The molecule has 0 fully saturated rings. The van der Waals surface area contributed by atoms with Crippen molar-refractivity contribution < 1.29 is 29.0 Å². The number of carboxylic acids is 1. The lowest BCUT2D eigenvalue weighted by Crippen LogP contribution is -2.58. The van der Waals surface area contributed by atoms with Gasteiger partial charge in [-0.2, -0.15) is 0 Å². The summed E-state index contributed by atoms with van der Waals surface area (Å²) in [5.74, 6) is -3.72. The van der Waals surface area contributed by atoms with Crippen LogP contribution in [0.25, 0.3) is 0 Å². The number of carbonyl (C=O) groups excluding carboxylic acids is 3. The van der Waals surface area contributed by atoms with Gasteiger partial charge in [-0.1, -0.05) is 30.3 Å². The molecule has 160 valence electrons. The number of rotatable bonds is 8. The maximum absolute atomic E-state index is 12.6. The molecule has 0 aliphatic heterocycles. The molecule has 0 aliphatic rings. The van der Waals surface area contributed by atoms with E-state index in [1.807, 2.05) is 18.2 Å². The predicted octanol–water partition coefficient (Wildman–Crippen LogP) is 1.99. The Morgan fingerprint density at radius 1 is 1.03 bits per heavy atom. The van der Waals surface area contributed by atoms with Crippen LogP contribution < -0.4 is 10.6 Å². The van der Waals surface area contributed by atoms with Crippen molar-refractivity contribution in [1.82, 2.24) is 10.6 Å². The van der Waals surface area contributed by atoms with E-state index in [2.05, 4.69) is 10.6 Å². The second-order valence-electron chi connectivity index (χ2n) is 8.40. The van der Waals surface area contributed by atoms with E-state index in [-0.39, 0.29) is 5.91 Å². The highest BCUT2D eigenvalue weighted by Gasteiger charge is 2.35. The molecule has 2 atom stereocenters. The van der Waals surface area contributed by atoms with Gasteiger partial charge in [-0.3, -0.25) is 14.4 Å². The van der Waals surface area contributed by atoms with E-state index >= 15 is 0 Å². The number of nitrogens with one attached hydrogen (secondary N) is 2. The number of amides is 2. The molecule has 1 aromatic rings. The third-order valence-electron chi connectivity index (χ3n) is 4.09. The fourth-order valence-corrected chi connectivity index (χ4v) is 2.45. The maximum Gasteiger partial charge on any atom is 0.326 e. The summed E-state index contributed by atoms with van der Waals surface area (Å²) in [6, 6.07) is 7.59. The standard InChI is InChI=1S/C21H30N2O6/c1-13(14-10-8-7-9-11-14)17(25)23-21(5,6)19(28)22-15(18(26)27)12-16(24)29-20(2,3)4/h7-11,13,15H,12H2,1-6H3,(H,22,28)(H,23,25)(H,26,27). The highest BCUT2D eigenvalue weighted by molar-refractivity contribution is 5.95. The summed E-state index contributed by atoms with van der Waals surface area (Å²) in [6.45, 7) is 9.61. The topological polar surface area (TPSA) is 122 Å². The molecule has 1 rings (SSSR count). The number of hydrogen-bond acceptors (Lipinski definition) is 5. The zero-order chi connectivity index (χ0) is 22.4.